The zero-order chi connectivity index (χ0) is 20.9. The molecule has 0 saturated heterocycles. The number of rotatable bonds is 3. The van der Waals surface area contributed by atoms with Crippen molar-refractivity contribution in [1.29, 1.82) is 0 Å². The second kappa shape index (κ2) is 7.19. The number of benzene rings is 2. The van der Waals surface area contributed by atoms with Crippen molar-refractivity contribution in [2.24, 2.45) is 0 Å². The van der Waals surface area contributed by atoms with Crippen LogP contribution in [0.1, 0.15) is 21.9 Å². The summed E-state index contributed by atoms with van der Waals surface area (Å²) in [5, 5.41) is 1.80. The van der Waals surface area contributed by atoms with Gasteiger partial charge in [-0.3, -0.25) is 0 Å². The molecule has 152 valence electrons. The summed E-state index contributed by atoms with van der Waals surface area (Å²) >= 11 is 1.38. The van der Waals surface area contributed by atoms with Crippen LogP contribution in [0.25, 0.3) is 0 Å². The zero-order valence-corrected chi connectivity index (χ0v) is 16.1. The second-order valence-electron chi connectivity index (χ2n) is 6.46. The van der Waals surface area contributed by atoms with E-state index in [1.807, 2.05) is 6.07 Å². The standard InChI is InChI=1S/C19H12F5NO2S2/c20-14-15(21)17(23)19(18(24)16(14)22)29(26,27)25-8-10-4-1-2-5-11(10)12(9-25)13-6-3-7-28-13/h1-7,12H,8-9H2. The van der Waals surface area contributed by atoms with Gasteiger partial charge in [0.1, 0.15) is 0 Å². The molecular formula is C19H12F5NO2S2. The van der Waals surface area contributed by atoms with Crippen molar-refractivity contribution in [1.82, 2.24) is 4.31 Å². The summed E-state index contributed by atoms with van der Waals surface area (Å²) in [6.07, 6.45) is 0. The van der Waals surface area contributed by atoms with E-state index in [0.717, 1.165) is 14.7 Å². The summed E-state index contributed by atoms with van der Waals surface area (Å²) in [6.45, 7) is -0.445. The van der Waals surface area contributed by atoms with Crippen LogP contribution >= 0.6 is 11.3 Å². The number of fused-ring (bicyclic) bond motifs is 1. The third kappa shape index (κ3) is 3.15. The van der Waals surface area contributed by atoms with Crippen LogP contribution in [-0.4, -0.2) is 19.3 Å². The van der Waals surface area contributed by atoms with Crippen molar-refractivity contribution in [2.75, 3.05) is 6.54 Å². The molecule has 4 rings (SSSR count). The van der Waals surface area contributed by atoms with Crippen LogP contribution in [0.2, 0.25) is 0 Å². The van der Waals surface area contributed by atoms with Crippen LogP contribution in [0.15, 0.2) is 46.7 Å². The quantitative estimate of drug-likeness (QED) is 0.331. The van der Waals surface area contributed by atoms with Crippen molar-refractivity contribution >= 4 is 21.4 Å². The third-order valence-corrected chi connectivity index (χ3v) is 7.64. The number of halogens is 5. The highest BCUT2D eigenvalue weighted by molar-refractivity contribution is 7.89. The average molecular weight is 445 g/mol. The summed E-state index contributed by atoms with van der Waals surface area (Å²) in [4.78, 5) is -1.02. The van der Waals surface area contributed by atoms with Crippen molar-refractivity contribution in [2.45, 2.75) is 17.4 Å². The predicted octanol–water partition coefficient (Wildman–Crippen LogP) is 4.78. The van der Waals surface area contributed by atoms with Gasteiger partial charge in [0.05, 0.1) is 0 Å². The van der Waals surface area contributed by atoms with Gasteiger partial charge in [-0.15, -0.1) is 11.3 Å². The predicted molar refractivity (Wildman–Crippen MR) is 96.4 cm³/mol. The van der Waals surface area contributed by atoms with Gasteiger partial charge in [0, 0.05) is 23.9 Å². The Morgan fingerprint density at radius 3 is 2.10 bits per heavy atom. The number of thiophene rings is 1. The Kier molecular flexibility index (Phi) is 4.96. The highest BCUT2D eigenvalue weighted by atomic mass is 32.2. The smallest absolute Gasteiger partial charge is 0.207 e. The van der Waals surface area contributed by atoms with Gasteiger partial charge in [-0.25, -0.2) is 30.4 Å². The van der Waals surface area contributed by atoms with E-state index in [9.17, 15) is 30.4 Å². The van der Waals surface area contributed by atoms with Gasteiger partial charge in [0.2, 0.25) is 15.8 Å². The second-order valence-corrected chi connectivity index (χ2v) is 9.32. The Hall–Kier alpha value is -2.30. The van der Waals surface area contributed by atoms with Crippen molar-refractivity contribution in [3.63, 3.8) is 0 Å². The molecule has 1 aliphatic rings. The van der Waals surface area contributed by atoms with Gasteiger partial charge in [-0.1, -0.05) is 30.3 Å². The molecule has 0 bridgehead atoms. The Balaban J connectivity index is 1.86. The summed E-state index contributed by atoms with van der Waals surface area (Å²) < 4.78 is 95.6. The first-order valence-corrected chi connectivity index (χ1v) is 10.7. The van der Waals surface area contributed by atoms with Crippen molar-refractivity contribution < 1.29 is 30.4 Å². The van der Waals surface area contributed by atoms with E-state index in [1.165, 1.54) is 11.3 Å². The minimum atomic E-state index is -5.01. The topological polar surface area (TPSA) is 37.4 Å². The molecule has 0 spiro atoms. The highest BCUT2D eigenvalue weighted by Crippen LogP contribution is 2.39. The Labute approximate surface area is 167 Å². The summed E-state index contributed by atoms with van der Waals surface area (Å²) in [5.41, 5.74) is 1.43. The monoisotopic (exact) mass is 445 g/mol. The molecule has 3 aromatic rings. The number of nitrogens with zero attached hydrogens (tertiary/aromatic N) is 1. The van der Waals surface area contributed by atoms with Crippen LogP contribution < -0.4 is 0 Å². The Morgan fingerprint density at radius 1 is 0.862 bits per heavy atom. The Bertz CT molecular complexity index is 1170. The lowest BCUT2D eigenvalue weighted by molar-refractivity contribution is 0.340. The summed E-state index contributed by atoms with van der Waals surface area (Å²) in [7, 11) is -5.01. The first-order chi connectivity index (χ1) is 13.7. The highest BCUT2D eigenvalue weighted by Gasteiger charge is 2.40. The lowest BCUT2D eigenvalue weighted by Gasteiger charge is -2.33. The van der Waals surface area contributed by atoms with Crippen LogP contribution in [0.4, 0.5) is 22.0 Å². The number of sulfonamides is 1. The molecule has 0 N–H and O–H groups in total. The molecule has 0 aliphatic carbocycles. The van der Waals surface area contributed by atoms with Gasteiger partial charge in [0.25, 0.3) is 0 Å². The SMILES string of the molecule is O=S(=O)(c1c(F)c(F)c(F)c(F)c1F)N1Cc2ccccc2C(c2cccs2)C1. The van der Waals surface area contributed by atoms with E-state index in [-0.39, 0.29) is 13.1 Å². The van der Waals surface area contributed by atoms with E-state index in [2.05, 4.69) is 0 Å². The first kappa shape index (κ1) is 20.0. The lowest BCUT2D eigenvalue weighted by atomic mass is 9.90. The summed E-state index contributed by atoms with van der Waals surface area (Å²) in [6, 6.07) is 10.5. The fraction of sp³-hybridized carbons (Fsp3) is 0.158. The van der Waals surface area contributed by atoms with Gasteiger partial charge in [-0.05, 0) is 22.6 Å². The first-order valence-electron chi connectivity index (χ1n) is 8.36. The van der Waals surface area contributed by atoms with Gasteiger partial charge in [0.15, 0.2) is 28.2 Å². The normalized spacial score (nSPS) is 17.3. The number of hydrogen-bond donors (Lipinski definition) is 0. The molecule has 1 aliphatic heterocycles. The molecule has 0 fully saturated rings. The maximum atomic E-state index is 14.2. The molecule has 2 heterocycles. The number of hydrogen-bond acceptors (Lipinski definition) is 3. The maximum Gasteiger partial charge on any atom is 0.249 e. The van der Waals surface area contributed by atoms with Crippen LogP contribution in [0.5, 0.6) is 0 Å². The fourth-order valence-corrected chi connectivity index (χ4v) is 5.81. The van der Waals surface area contributed by atoms with Gasteiger partial charge < -0.3 is 0 Å². The molecular weight excluding hydrogens is 433 g/mol. The van der Waals surface area contributed by atoms with Gasteiger partial charge >= 0.3 is 0 Å². The Morgan fingerprint density at radius 2 is 1.48 bits per heavy atom. The van der Waals surface area contributed by atoms with E-state index in [0.29, 0.717) is 5.56 Å². The van der Waals surface area contributed by atoms with E-state index in [4.69, 9.17) is 0 Å². The van der Waals surface area contributed by atoms with Crippen molar-refractivity contribution in [3.05, 3.63) is 86.9 Å². The van der Waals surface area contributed by atoms with Crippen LogP contribution in [-0.2, 0) is 16.6 Å². The molecule has 3 nitrogen and oxygen atoms in total. The van der Waals surface area contributed by atoms with E-state index in [1.54, 1.807) is 35.7 Å². The van der Waals surface area contributed by atoms with Crippen LogP contribution in [0.3, 0.4) is 0 Å². The minimum Gasteiger partial charge on any atom is -0.207 e. The molecule has 0 saturated carbocycles. The van der Waals surface area contributed by atoms with Crippen LogP contribution in [0, 0.1) is 29.1 Å². The third-order valence-electron chi connectivity index (χ3n) is 4.82. The van der Waals surface area contributed by atoms with Crippen molar-refractivity contribution in [3.8, 4) is 0 Å². The molecule has 1 atom stereocenters. The molecule has 29 heavy (non-hydrogen) atoms. The molecule has 10 heteroatoms. The largest absolute Gasteiger partial charge is 0.249 e. The van der Waals surface area contributed by atoms with Gasteiger partial charge in [-0.2, -0.15) is 4.31 Å². The van der Waals surface area contributed by atoms with E-state index < -0.39 is 49.9 Å². The average Bonchev–Trinajstić information content (AvgIpc) is 3.24. The molecule has 0 radical (unpaired) electrons. The molecule has 2 aromatic carbocycles. The molecule has 1 unspecified atom stereocenters. The minimum absolute atomic E-state index is 0.195. The fourth-order valence-electron chi connectivity index (χ4n) is 3.43. The summed E-state index contributed by atoms with van der Waals surface area (Å²) in [5.74, 6) is -12.2. The molecule has 1 aromatic heterocycles. The van der Waals surface area contributed by atoms with E-state index >= 15 is 0 Å². The maximum absolute atomic E-state index is 14.2. The zero-order valence-electron chi connectivity index (χ0n) is 14.5. The molecule has 0 amide bonds. The lowest BCUT2D eigenvalue weighted by Crippen LogP contribution is -2.39.